The first-order chi connectivity index (χ1) is 9.60. The van der Waals surface area contributed by atoms with Crippen LogP contribution in [0.4, 0.5) is 18.9 Å². The van der Waals surface area contributed by atoms with Crippen LogP contribution >= 0.6 is 0 Å². The van der Waals surface area contributed by atoms with Crippen molar-refractivity contribution < 1.29 is 23.1 Å². The van der Waals surface area contributed by atoms with E-state index in [2.05, 4.69) is 0 Å². The molecule has 3 nitrogen and oxygen atoms in total. The molecular weight excluding hydrogens is 283 g/mol. The molecule has 0 aliphatic carbocycles. The van der Waals surface area contributed by atoms with Gasteiger partial charge in [-0.1, -0.05) is 13.8 Å². The standard InChI is InChI=1S/C15H18F3NO2/c1-14(2)6-3-7-19(9-14)12-5-4-10(13(20)21)8-11(12)15(16,17)18/h4-5,8H,3,6-7,9H2,1-2H3,(H,20,21). The zero-order chi connectivity index (χ0) is 15.8. The van der Waals surface area contributed by atoms with E-state index in [1.807, 2.05) is 13.8 Å². The SMILES string of the molecule is CC1(C)CCCN(c2ccc(C(=O)O)cc2C(F)(F)F)C1. The molecule has 1 saturated heterocycles. The van der Waals surface area contributed by atoms with Gasteiger partial charge in [-0.2, -0.15) is 13.2 Å². The Labute approximate surface area is 121 Å². The summed E-state index contributed by atoms with van der Waals surface area (Å²) in [6.07, 6.45) is -2.77. The molecule has 0 spiro atoms. The molecule has 0 bridgehead atoms. The minimum Gasteiger partial charge on any atom is -0.478 e. The third kappa shape index (κ3) is 3.49. The zero-order valence-corrected chi connectivity index (χ0v) is 12.0. The quantitative estimate of drug-likeness (QED) is 0.896. The van der Waals surface area contributed by atoms with E-state index in [1.54, 1.807) is 4.90 Å². The molecule has 0 aromatic heterocycles. The van der Waals surface area contributed by atoms with Crippen LogP contribution in [0.5, 0.6) is 0 Å². The van der Waals surface area contributed by atoms with Gasteiger partial charge >= 0.3 is 12.1 Å². The Hall–Kier alpha value is -1.72. The molecule has 1 aliphatic rings. The number of carboxylic acids is 1. The summed E-state index contributed by atoms with van der Waals surface area (Å²) in [7, 11) is 0. The second kappa shape index (κ2) is 5.24. The highest BCUT2D eigenvalue weighted by molar-refractivity contribution is 5.88. The molecule has 0 atom stereocenters. The van der Waals surface area contributed by atoms with Crippen molar-refractivity contribution in [1.82, 2.24) is 0 Å². The number of alkyl halides is 3. The molecule has 1 aromatic rings. The van der Waals surface area contributed by atoms with Crippen molar-refractivity contribution in [3.05, 3.63) is 29.3 Å². The summed E-state index contributed by atoms with van der Waals surface area (Å²) in [5.74, 6) is -1.36. The summed E-state index contributed by atoms with van der Waals surface area (Å²) in [6.45, 7) is 5.14. The predicted molar refractivity (Wildman–Crippen MR) is 73.6 cm³/mol. The van der Waals surface area contributed by atoms with Gasteiger partial charge in [0, 0.05) is 18.8 Å². The number of piperidine rings is 1. The van der Waals surface area contributed by atoms with E-state index in [1.165, 1.54) is 12.1 Å². The summed E-state index contributed by atoms with van der Waals surface area (Å²) in [5.41, 5.74) is -1.20. The lowest BCUT2D eigenvalue weighted by Crippen LogP contribution is -2.41. The lowest BCUT2D eigenvalue weighted by atomic mass is 9.83. The highest BCUT2D eigenvalue weighted by Gasteiger charge is 2.37. The van der Waals surface area contributed by atoms with Crippen molar-refractivity contribution >= 4 is 11.7 Å². The summed E-state index contributed by atoms with van der Waals surface area (Å²) < 4.78 is 39.7. The van der Waals surface area contributed by atoms with Gasteiger partial charge < -0.3 is 10.0 Å². The molecule has 1 aromatic carbocycles. The summed E-state index contributed by atoms with van der Waals surface area (Å²) in [4.78, 5) is 12.6. The summed E-state index contributed by atoms with van der Waals surface area (Å²) >= 11 is 0. The van der Waals surface area contributed by atoms with Gasteiger partial charge in [-0.3, -0.25) is 0 Å². The Kier molecular flexibility index (Phi) is 3.91. The summed E-state index contributed by atoms with van der Waals surface area (Å²) in [5, 5.41) is 8.88. The van der Waals surface area contributed by atoms with Gasteiger partial charge in [0.25, 0.3) is 0 Å². The number of benzene rings is 1. The molecule has 0 saturated carbocycles. The lowest BCUT2D eigenvalue weighted by molar-refractivity contribution is -0.137. The van der Waals surface area contributed by atoms with Gasteiger partial charge in [-0.15, -0.1) is 0 Å². The van der Waals surface area contributed by atoms with Crippen LogP contribution in [-0.2, 0) is 6.18 Å². The van der Waals surface area contributed by atoms with Gasteiger partial charge in [0.1, 0.15) is 0 Å². The normalized spacial score (nSPS) is 18.6. The number of carbonyl (C=O) groups is 1. The van der Waals surface area contributed by atoms with Crippen molar-refractivity contribution in [3.8, 4) is 0 Å². The predicted octanol–water partition coefficient (Wildman–Crippen LogP) is 4.03. The van der Waals surface area contributed by atoms with E-state index < -0.39 is 17.7 Å². The topological polar surface area (TPSA) is 40.5 Å². The fourth-order valence-electron chi connectivity index (χ4n) is 2.80. The smallest absolute Gasteiger partial charge is 0.418 e. The molecule has 0 amide bonds. The first-order valence-electron chi connectivity index (χ1n) is 6.80. The molecule has 6 heteroatoms. The fraction of sp³-hybridized carbons (Fsp3) is 0.533. The highest BCUT2D eigenvalue weighted by Crippen LogP contribution is 2.40. The lowest BCUT2D eigenvalue weighted by Gasteiger charge is -2.40. The van der Waals surface area contributed by atoms with Crippen LogP contribution in [0, 0.1) is 5.41 Å². The first kappa shape index (κ1) is 15.7. The highest BCUT2D eigenvalue weighted by atomic mass is 19.4. The van der Waals surface area contributed by atoms with Crippen LogP contribution < -0.4 is 4.90 Å². The maximum atomic E-state index is 13.2. The number of rotatable bonds is 2. The minimum absolute atomic E-state index is 0.0490. The van der Waals surface area contributed by atoms with E-state index in [-0.39, 0.29) is 16.7 Å². The number of carboxylic acid groups (broad SMARTS) is 1. The number of hydrogen-bond donors (Lipinski definition) is 1. The number of halogens is 3. The van der Waals surface area contributed by atoms with Gasteiger partial charge in [-0.25, -0.2) is 4.79 Å². The van der Waals surface area contributed by atoms with Gasteiger partial charge in [-0.05, 0) is 36.5 Å². The van der Waals surface area contributed by atoms with Gasteiger partial charge in [0.05, 0.1) is 11.1 Å². The third-order valence-corrected chi connectivity index (χ3v) is 3.79. The Balaban J connectivity index is 2.45. The molecule has 0 radical (unpaired) electrons. The maximum absolute atomic E-state index is 13.2. The van der Waals surface area contributed by atoms with Crippen LogP contribution in [0.2, 0.25) is 0 Å². The van der Waals surface area contributed by atoms with Crippen LogP contribution in [0.15, 0.2) is 18.2 Å². The molecule has 0 unspecified atom stereocenters. The average Bonchev–Trinajstić information content (AvgIpc) is 2.35. The number of nitrogens with zero attached hydrogens (tertiary/aromatic N) is 1. The van der Waals surface area contributed by atoms with Crippen molar-refractivity contribution in [1.29, 1.82) is 0 Å². The first-order valence-corrected chi connectivity index (χ1v) is 6.80. The second-order valence-corrected chi connectivity index (χ2v) is 6.22. The van der Waals surface area contributed by atoms with E-state index >= 15 is 0 Å². The molecule has 1 fully saturated rings. The van der Waals surface area contributed by atoms with Crippen LogP contribution in [0.3, 0.4) is 0 Å². The number of hydrogen-bond acceptors (Lipinski definition) is 2. The van der Waals surface area contributed by atoms with E-state index in [0.717, 1.165) is 18.9 Å². The molecule has 1 N–H and O–H groups in total. The molecule has 21 heavy (non-hydrogen) atoms. The van der Waals surface area contributed by atoms with Crippen LogP contribution in [0.1, 0.15) is 42.6 Å². The van der Waals surface area contributed by atoms with E-state index in [4.69, 9.17) is 5.11 Å². The fourth-order valence-corrected chi connectivity index (χ4v) is 2.80. The Morgan fingerprint density at radius 1 is 1.33 bits per heavy atom. The van der Waals surface area contributed by atoms with Crippen molar-refractivity contribution in [3.63, 3.8) is 0 Å². The molecule has 1 aliphatic heterocycles. The molecule has 1 heterocycles. The molecule has 2 rings (SSSR count). The van der Waals surface area contributed by atoms with Crippen LogP contribution in [-0.4, -0.2) is 24.2 Å². The third-order valence-electron chi connectivity index (χ3n) is 3.79. The number of aromatic carboxylic acids is 1. The van der Waals surface area contributed by atoms with Crippen LogP contribution in [0.25, 0.3) is 0 Å². The van der Waals surface area contributed by atoms with E-state index in [0.29, 0.717) is 13.1 Å². The monoisotopic (exact) mass is 301 g/mol. The largest absolute Gasteiger partial charge is 0.478 e. The Morgan fingerprint density at radius 2 is 2.00 bits per heavy atom. The minimum atomic E-state index is -4.57. The molecule has 116 valence electrons. The number of anilines is 1. The second-order valence-electron chi connectivity index (χ2n) is 6.22. The van der Waals surface area contributed by atoms with Gasteiger partial charge in [0.15, 0.2) is 0 Å². The maximum Gasteiger partial charge on any atom is 0.418 e. The van der Waals surface area contributed by atoms with Crippen molar-refractivity contribution in [2.24, 2.45) is 5.41 Å². The zero-order valence-electron chi connectivity index (χ0n) is 12.0. The van der Waals surface area contributed by atoms with Crippen molar-refractivity contribution in [2.45, 2.75) is 32.9 Å². The molecular formula is C15H18F3NO2. The Morgan fingerprint density at radius 3 is 2.52 bits per heavy atom. The Bertz CT molecular complexity index is 552. The van der Waals surface area contributed by atoms with E-state index in [9.17, 15) is 18.0 Å². The van der Waals surface area contributed by atoms with Crippen molar-refractivity contribution in [2.75, 3.05) is 18.0 Å². The van der Waals surface area contributed by atoms with Gasteiger partial charge in [0.2, 0.25) is 0 Å². The summed E-state index contributed by atoms with van der Waals surface area (Å²) in [6, 6.07) is 3.22. The average molecular weight is 301 g/mol.